The molecule has 1 atom stereocenters. The van der Waals surface area contributed by atoms with E-state index in [0.717, 1.165) is 12.1 Å². The van der Waals surface area contributed by atoms with E-state index in [9.17, 15) is 9.59 Å². The van der Waals surface area contributed by atoms with Crippen molar-refractivity contribution in [2.24, 2.45) is 0 Å². The number of benzene rings is 2. The van der Waals surface area contributed by atoms with Gasteiger partial charge in [-0.25, -0.2) is 0 Å². The summed E-state index contributed by atoms with van der Waals surface area (Å²) in [6.45, 7) is 2.33. The highest BCUT2D eigenvalue weighted by molar-refractivity contribution is 6.34. The molecule has 142 valence electrons. The molecule has 1 saturated heterocycles. The number of nitrogens with one attached hydrogen (secondary N) is 1. The molecule has 6 nitrogen and oxygen atoms in total. The molecule has 3 rings (SSSR count). The van der Waals surface area contributed by atoms with Crippen LogP contribution in [-0.2, 0) is 9.59 Å². The highest BCUT2D eigenvalue weighted by Gasteiger charge is 2.23. The Morgan fingerprint density at radius 1 is 1.19 bits per heavy atom. The van der Waals surface area contributed by atoms with Gasteiger partial charge >= 0.3 is 0 Å². The Labute approximate surface area is 163 Å². The van der Waals surface area contributed by atoms with Crippen molar-refractivity contribution in [3.8, 4) is 11.5 Å². The molecule has 2 amide bonds. The van der Waals surface area contributed by atoms with Crippen LogP contribution in [-0.4, -0.2) is 31.6 Å². The Kier molecular flexibility index (Phi) is 5.86. The van der Waals surface area contributed by atoms with Crippen molar-refractivity contribution in [2.75, 3.05) is 23.9 Å². The maximum atomic E-state index is 12.5. The summed E-state index contributed by atoms with van der Waals surface area (Å²) in [5.41, 5.74) is 1.17. The number of halogens is 1. The van der Waals surface area contributed by atoms with Gasteiger partial charge in [0.2, 0.25) is 5.91 Å². The van der Waals surface area contributed by atoms with Gasteiger partial charge in [-0.2, -0.15) is 0 Å². The fourth-order valence-electron chi connectivity index (χ4n) is 2.84. The molecule has 1 unspecified atom stereocenters. The molecule has 0 radical (unpaired) electrons. The van der Waals surface area contributed by atoms with E-state index in [1.54, 1.807) is 61.4 Å². The Morgan fingerprint density at radius 3 is 2.52 bits per heavy atom. The number of carbonyl (C=O) groups is 2. The number of anilines is 2. The number of nitrogens with zero attached hydrogens (tertiary/aromatic N) is 1. The first-order valence-corrected chi connectivity index (χ1v) is 9.07. The number of methoxy groups -OCH3 is 1. The zero-order valence-corrected chi connectivity index (χ0v) is 16.0. The summed E-state index contributed by atoms with van der Waals surface area (Å²) in [7, 11) is 1.58. The van der Waals surface area contributed by atoms with Crippen LogP contribution in [0.4, 0.5) is 11.4 Å². The molecule has 0 spiro atoms. The van der Waals surface area contributed by atoms with Crippen molar-refractivity contribution in [1.82, 2.24) is 0 Å². The van der Waals surface area contributed by atoms with Crippen molar-refractivity contribution in [2.45, 2.75) is 25.9 Å². The molecule has 1 fully saturated rings. The van der Waals surface area contributed by atoms with Crippen LogP contribution < -0.4 is 19.7 Å². The lowest BCUT2D eigenvalue weighted by atomic mass is 10.2. The molecule has 2 aromatic rings. The molecule has 0 bridgehead atoms. The highest BCUT2D eigenvalue weighted by Crippen LogP contribution is 2.30. The Balaban J connectivity index is 1.68. The Hall–Kier alpha value is -2.73. The smallest absolute Gasteiger partial charge is 0.265 e. The van der Waals surface area contributed by atoms with Gasteiger partial charge in [-0.1, -0.05) is 11.6 Å². The SMILES string of the molecule is COc1ccc(OC(C)C(=O)Nc2cc(N3CCCC3=O)ccc2Cl)cc1. The molecule has 1 aliphatic rings. The monoisotopic (exact) mass is 388 g/mol. The maximum absolute atomic E-state index is 12.5. The molecule has 0 aliphatic carbocycles. The minimum absolute atomic E-state index is 0.0748. The first-order valence-electron chi connectivity index (χ1n) is 8.69. The number of hydrogen-bond acceptors (Lipinski definition) is 4. The minimum Gasteiger partial charge on any atom is -0.497 e. The van der Waals surface area contributed by atoms with E-state index in [4.69, 9.17) is 21.1 Å². The number of rotatable bonds is 6. The van der Waals surface area contributed by atoms with E-state index in [2.05, 4.69) is 5.32 Å². The van der Waals surface area contributed by atoms with Crippen molar-refractivity contribution in [3.63, 3.8) is 0 Å². The second-order valence-corrected chi connectivity index (χ2v) is 6.65. The van der Waals surface area contributed by atoms with E-state index in [1.165, 1.54) is 0 Å². The van der Waals surface area contributed by atoms with E-state index in [1.807, 2.05) is 0 Å². The average molecular weight is 389 g/mol. The number of amides is 2. The Bertz CT molecular complexity index is 838. The van der Waals surface area contributed by atoms with E-state index < -0.39 is 6.10 Å². The topological polar surface area (TPSA) is 67.9 Å². The summed E-state index contributed by atoms with van der Waals surface area (Å²) < 4.78 is 10.8. The van der Waals surface area contributed by atoms with Crippen molar-refractivity contribution in [1.29, 1.82) is 0 Å². The average Bonchev–Trinajstić information content (AvgIpc) is 3.10. The third-order valence-electron chi connectivity index (χ3n) is 4.33. The first-order chi connectivity index (χ1) is 13.0. The summed E-state index contributed by atoms with van der Waals surface area (Å²) in [6, 6.07) is 12.1. The normalized spacial score (nSPS) is 14.8. The second kappa shape index (κ2) is 8.31. The molecule has 1 heterocycles. The second-order valence-electron chi connectivity index (χ2n) is 6.24. The molecule has 0 aromatic heterocycles. The zero-order chi connectivity index (χ0) is 19.4. The van der Waals surface area contributed by atoms with Crippen LogP contribution in [0.2, 0.25) is 5.02 Å². The van der Waals surface area contributed by atoms with Gasteiger partial charge < -0.3 is 19.7 Å². The lowest BCUT2D eigenvalue weighted by Gasteiger charge is -2.19. The van der Waals surface area contributed by atoms with Crippen LogP contribution in [0.5, 0.6) is 11.5 Å². The van der Waals surface area contributed by atoms with Crippen LogP contribution >= 0.6 is 11.6 Å². The van der Waals surface area contributed by atoms with Crippen molar-refractivity contribution >= 4 is 34.8 Å². The fraction of sp³-hybridized carbons (Fsp3) is 0.300. The fourth-order valence-corrected chi connectivity index (χ4v) is 3.01. The van der Waals surface area contributed by atoms with Gasteiger partial charge in [-0.05, 0) is 55.8 Å². The Morgan fingerprint density at radius 2 is 1.89 bits per heavy atom. The molecule has 27 heavy (non-hydrogen) atoms. The van der Waals surface area contributed by atoms with Gasteiger partial charge in [0.1, 0.15) is 11.5 Å². The number of ether oxygens (including phenoxy) is 2. The summed E-state index contributed by atoms with van der Waals surface area (Å²) in [5.74, 6) is 1.00. The zero-order valence-electron chi connectivity index (χ0n) is 15.2. The molecule has 1 N–H and O–H groups in total. The molecular weight excluding hydrogens is 368 g/mol. The van der Waals surface area contributed by atoms with Gasteiger partial charge in [0.05, 0.1) is 17.8 Å². The maximum Gasteiger partial charge on any atom is 0.265 e. The predicted molar refractivity (Wildman–Crippen MR) is 105 cm³/mol. The van der Waals surface area contributed by atoms with Crippen LogP contribution in [0.3, 0.4) is 0 Å². The number of carbonyl (C=O) groups excluding carboxylic acids is 2. The third-order valence-corrected chi connectivity index (χ3v) is 4.66. The lowest BCUT2D eigenvalue weighted by molar-refractivity contribution is -0.122. The summed E-state index contributed by atoms with van der Waals surface area (Å²) in [4.78, 5) is 26.1. The molecule has 1 aliphatic heterocycles. The van der Waals surface area contributed by atoms with Gasteiger partial charge in [0.15, 0.2) is 6.10 Å². The van der Waals surface area contributed by atoms with Crippen LogP contribution in [0.1, 0.15) is 19.8 Å². The van der Waals surface area contributed by atoms with Gasteiger partial charge in [-0.3, -0.25) is 9.59 Å². The first kappa shape index (κ1) is 19.0. The highest BCUT2D eigenvalue weighted by atomic mass is 35.5. The standard InChI is InChI=1S/C20H21ClN2O4/c1-13(27-16-8-6-15(26-2)7-9-16)20(25)22-18-12-14(5-10-17(18)21)23-11-3-4-19(23)24/h5-10,12-13H,3-4,11H2,1-2H3,(H,22,25). The van der Waals surface area contributed by atoms with Crippen LogP contribution in [0, 0.1) is 0 Å². The molecule has 0 saturated carbocycles. The van der Waals surface area contributed by atoms with Gasteiger partial charge in [0.25, 0.3) is 5.91 Å². The summed E-state index contributed by atoms with van der Waals surface area (Å²) in [6.07, 6.45) is 0.638. The lowest BCUT2D eigenvalue weighted by Crippen LogP contribution is -2.30. The van der Waals surface area contributed by atoms with E-state index in [-0.39, 0.29) is 11.8 Å². The van der Waals surface area contributed by atoms with Crippen molar-refractivity contribution < 1.29 is 19.1 Å². The summed E-state index contributed by atoms with van der Waals surface area (Å²) >= 11 is 6.21. The van der Waals surface area contributed by atoms with Crippen LogP contribution in [0.15, 0.2) is 42.5 Å². The quantitative estimate of drug-likeness (QED) is 0.815. The number of hydrogen-bond donors (Lipinski definition) is 1. The summed E-state index contributed by atoms with van der Waals surface area (Å²) in [5, 5.41) is 3.17. The minimum atomic E-state index is -0.730. The van der Waals surface area contributed by atoms with E-state index in [0.29, 0.717) is 35.2 Å². The third kappa shape index (κ3) is 4.52. The largest absolute Gasteiger partial charge is 0.497 e. The van der Waals surface area contributed by atoms with Gasteiger partial charge in [0, 0.05) is 18.7 Å². The van der Waals surface area contributed by atoms with Crippen molar-refractivity contribution in [3.05, 3.63) is 47.5 Å². The van der Waals surface area contributed by atoms with Gasteiger partial charge in [-0.15, -0.1) is 0 Å². The molecule has 7 heteroatoms. The molecular formula is C20H21ClN2O4. The molecule has 2 aromatic carbocycles. The van der Waals surface area contributed by atoms with E-state index >= 15 is 0 Å². The predicted octanol–water partition coefficient (Wildman–Crippen LogP) is 3.88. The van der Waals surface area contributed by atoms with Crippen LogP contribution in [0.25, 0.3) is 0 Å².